The van der Waals surface area contributed by atoms with Gasteiger partial charge in [-0.1, -0.05) is 171 Å². The molecule has 0 N–H and O–H groups in total. The number of hydrogen-bond donors (Lipinski definition) is 0. The van der Waals surface area contributed by atoms with Gasteiger partial charge in [-0.2, -0.15) is 0 Å². The predicted octanol–water partition coefficient (Wildman–Crippen LogP) is 15.8. The number of hydrogen-bond acceptors (Lipinski definition) is 3. The van der Waals surface area contributed by atoms with Gasteiger partial charge in [0.1, 0.15) is 12.4 Å². The van der Waals surface area contributed by atoms with E-state index in [4.69, 9.17) is 14.7 Å². The number of benzene rings is 10. The second kappa shape index (κ2) is 15.4. The van der Waals surface area contributed by atoms with E-state index in [9.17, 15) is 0 Å². The van der Waals surface area contributed by atoms with Crippen LogP contribution in [-0.4, -0.2) is 16.1 Å². The highest BCUT2D eigenvalue weighted by Gasteiger charge is 2.26. The maximum atomic E-state index is 6.46. The fraction of sp³-hybridized carbons (Fsp3) is 0.0645. The minimum atomic E-state index is 0.0804. The number of nitrogens with zero attached hydrogens (tertiary/aromatic N) is 3. The summed E-state index contributed by atoms with van der Waals surface area (Å²) in [6, 6.07) is 74.5. The molecule has 1 unspecified atom stereocenters. The van der Waals surface area contributed by atoms with Gasteiger partial charge in [0.15, 0.2) is 5.84 Å². The van der Waals surface area contributed by atoms with E-state index in [0.717, 1.165) is 73.5 Å². The van der Waals surface area contributed by atoms with Crippen molar-refractivity contribution in [2.75, 3.05) is 0 Å². The van der Waals surface area contributed by atoms with E-state index in [0.29, 0.717) is 12.4 Å². The first-order valence-electron chi connectivity index (χ1n) is 22.9. The van der Waals surface area contributed by atoms with Crippen molar-refractivity contribution in [3.63, 3.8) is 0 Å². The third-order valence-electron chi connectivity index (χ3n) is 13.7. The average molecular weight is 846 g/mol. The summed E-state index contributed by atoms with van der Waals surface area (Å²) >= 11 is 0. The molecule has 0 bridgehead atoms. The van der Waals surface area contributed by atoms with Gasteiger partial charge in [0.2, 0.25) is 0 Å². The summed E-state index contributed by atoms with van der Waals surface area (Å²) in [7, 11) is 0. The van der Waals surface area contributed by atoms with Crippen LogP contribution in [0, 0.1) is 5.92 Å². The standard InChI is InChI=1S/C62H43N3O/c1-39-26-31-56(63-62(47-29-30-50-45(33-47)28-27-41-16-7-8-21-49(41)50)64-61(39)46-20-13-19-42(32-46)40-14-3-2-4-15-40)55-35-48-38-66-60-25-12-10-23-52(60)53(48)37-59(55)65-57-24-11-9-22-51(57)54-34-43-17-5-6-18-44(43)36-58(54)65/h2-25,27-37,39H,26,38H2,1H3/b56-31+,63-62-,64-61+. The topological polar surface area (TPSA) is 38.9 Å². The molecule has 2 aliphatic rings. The molecule has 1 atom stereocenters. The summed E-state index contributed by atoms with van der Waals surface area (Å²) < 4.78 is 8.92. The van der Waals surface area contributed by atoms with Gasteiger partial charge in [0.05, 0.1) is 28.1 Å². The Balaban J connectivity index is 1.07. The summed E-state index contributed by atoms with van der Waals surface area (Å²) in [6.45, 7) is 2.77. The molecule has 0 saturated carbocycles. The first-order chi connectivity index (χ1) is 32.6. The predicted molar refractivity (Wildman–Crippen MR) is 276 cm³/mol. The van der Waals surface area contributed by atoms with Gasteiger partial charge in [-0.15, -0.1) is 0 Å². The van der Waals surface area contributed by atoms with E-state index < -0.39 is 0 Å². The minimum Gasteiger partial charge on any atom is -0.488 e. The molecule has 4 heteroatoms. The summed E-state index contributed by atoms with van der Waals surface area (Å²) in [5.41, 5.74) is 14.1. The molecule has 1 aromatic heterocycles. The van der Waals surface area contributed by atoms with Crippen molar-refractivity contribution < 1.29 is 4.74 Å². The van der Waals surface area contributed by atoms with Crippen molar-refractivity contribution >= 4 is 71.4 Å². The Morgan fingerprint density at radius 2 is 1.17 bits per heavy atom. The molecule has 0 saturated heterocycles. The second-order valence-electron chi connectivity index (χ2n) is 17.7. The molecule has 0 radical (unpaired) electrons. The average Bonchev–Trinajstić information content (AvgIpc) is 3.69. The van der Waals surface area contributed by atoms with E-state index in [1.165, 1.54) is 54.4 Å². The van der Waals surface area contributed by atoms with Crippen molar-refractivity contribution in [3.8, 4) is 33.7 Å². The van der Waals surface area contributed by atoms with E-state index in [-0.39, 0.29) is 5.92 Å². The maximum Gasteiger partial charge on any atom is 0.160 e. The number of fused-ring (bicyclic) bond motifs is 10. The molecule has 4 nitrogen and oxygen atoms in total. The Bertz CT molecular complexity index is 3870. The number of allylic oxidation sites excluding steroid dienone is 1. The van der Waals surface area contributed by atoms with Crippen LogP contribution in [-0.2, 0) is 6.61 Å². The van der Waals surface area contributed by atoms with Crippen LogP contribution >= 0.6 is 0 Å². The third kappa shape index (κ3) is 6.36. The van der Waals surface area contributed by atoms with E-state index in [2.05, 4.69) is 224 Å². The minimum absolute atomic E-state index is 0.0804. The lowest BCUT2D eigenvalue weighted by atomic mass is 9.90. The fourth-order valence-corrected chi connectivity index (χ4v) is 10.4. The molecule has 10 aromatic carbocycles. The van der Waals surface area contributed by atoms with Crippen LogP contribution in [0.5, 0.6) is 5.75 Å². The molecule has 0 spiro atoms. The van der Waals surface area contributed by atoms with Crippen LogP contribution < -0.4 is 4.74 Å². The Labute approximate surface area is 383 Å². The smallest absolute Gasteiger partial charge is 0.160 e. The maximum absolute atomic E-state index is 6.46. The van der Waals surface area contributed by atoms with Gasteiger partial charge in [0, 0.05) is 33.4 Å². The van der Waals surface area contributed by atoms with Crippen LogP contribution in [0.3, 0.4) is 0 Å². The normalized spacial score (nSPS) is 17.2. The summed E-state index contributed by atoms with van der Waals surface area (Å²) in [4.78, 5) is 11.4. The fourth-order valence-electron chi connectivity index (χ4n) is 10.4. The number of aromatic nitrogens is 1. The largest absolute Gasteiger partial charge is 0.488 e. The molecule has 0 fully saturated rings. The van der Waals surface area contributed by atoms with Crippen LogP contribution in [0.4, 0.5) is 0 Å². The highest BCUT2D eigenvalue weighted by Crippen LogP contribution is 2.44. The first-order valence-corrected chi connectivity index (χ1v) is 22.9. The molecule has 2 aliphatic heterocycles. The van der Waals surface area contributed by atoms with Gasteiger partial charge in [0.25, 0.3) is 0 Å². The number of ether oxygens (including phenoxy) is 1. The number of para-hydroxylation sites is 2. The molecule has 0 aliphatic carbocycles. The Morgan fingerprint density at radius 3 is 2.06 bits per heavy atom. The van der Waals surface area contributed by atoms with Crippen molar-refractivity contribution in [2.45, 2.75) is 20.0 Å². The van der Waals surface area contributed by atoms with Crippen LogP contribution in [0.1, 0.15) is 35.6 Å². The molecule has 312 valence electrons. The quantitative estimate of drug-likeness (QED) is 0.159. The van der Waals surface area contributed by atoms with E-state index >= 15 is 0 Å². The van der Waals surface area contributed by atoms with Crippen molar-refractivity contribution in [3.05, 3.63) is 235 Å². The van der Waals surface area contributed by atoms with Crippen molar-refractivity contribution in [1.29, 1.82) is 0 Å². The highest BCUT2D eigenvalue weighted by molar-refractivity contribution is 6.18. The summed E-state index contributed by atoms with van der Waals surface area (Å²) in [5, 5.41) is 9.68. The molecular formula is C62H43N3O. The van der Waals surface area contributed by atoms with E-state index in [1.54, 1.807) is 0 Å². The molecule has 66 heavy (non-hydrogen) atoms. The lowest BCUT2D eigenvalue weighted by molar-refractivity contribution is 0.302. The van der Waals surface area contributed by atoms with Crippen molar-refractivity contribution in [1.82, 2.24) is 4.57 Å². The highest BCUT2D eigenvalue weighted by atomic mass is 16.5. The number of aliphatic imine (C=N–C) groups is 2. The SMILES string of the molecule is CC1C/C=C(c2cc3c(cc2-n2c4ccccc4c4cc5ccccc5cc42)-c2ccccc2OC3)/N=C(c2ccc3c(ccc4ccccc43)c2)\N=C/1c1cccc(-c2ccccc2)c1. The second-order valence-corrected chi connectivity index (χ2v) is 17.7. The Kier molecular flexibility index (Phi) is 8.92. The number of rotatable bonds is 5. The van der Waals surface area contributed by atoms with Crippen LogP contribution in [0.25, 0.3) is 87.8 Å². The van der Waals surface area contributed by atoms with E-state index in [1.807, 2.05) is 0 Å². The number of amidine groups is 1. The van der Waals surface area contributed by atoms with Crippen LogP contribution in [0.2, 0.25) is 0 Å². The van der Waals surface area contributed by atoms with Gasteiger partial charge >= 0.3 is 0 Å². The zero-order valence-electron chi connectivity index (χ0n) is 36.4. The van der Waals surface area contributed by atoms with Crippen molar-refractivity contribution in [2.24, 2.45) is 15.9 Å². The Morgan fingerprint density at radius 1 is 0.455 bits per heavy atom. The lowest BCUT2D eigenvalue weighted by Crippen LogP contribution is -2.17. The zero-order chi connectivity index (χ0) is 43.7. The first kappa shape index (κ1) is 38.1. The molecule has 11 aromatic rings. The molecule has 13 rings (SSSR count). The summed E-state index contributed by atoms with van der Waals surface area (Å²) in [5.74, 6) is 1.66. The van der Waals surface area contributed by atoms with Gasteiger partial charge < -0.3 is 9.30 Å². The molecule has 3 heterocycles. The van der Waals surface area contributed by atoms with Gasteiger partial charge in [-0.3, -0.25) is 0 Å². The lowest BCUT2D eigenvalue weighted by Gasteiger charge is -2.25. The Hall–Kier alpha value is -8.34. The molecule has 0 amide bonds. The summed E-state index contributed by atoms with van der Waals surface area (Å²) in [6.07, 6.45) is 3.10. The van der Waals surface area contributed by atoms with Crippen LogP contribution in [0.15, 0.2) is 222 Å². The molecular weight excluding hydrogens is 803 g/mol. The van der Waals surface area contributed by atoms with Gasteiger partial charge in [-0.25, -0.2) is 9.98 Å². The zero-order valence-corrected chi connectivity index (χ0v) is 36.4. The monoisotopic (exact) mass is 845 g/mol. The van der Waals surface area contributed by atoms with Gasteiger partial charge in [-0.05, 0) is 115 Å². The third-order valence-corrected chi connectivity index (χ3v) is 13.7.